The Balaban J connectivity index is 2.33. The minimum Gasteiger partial charge on any atom is -0.353 e. The van der Waals surface area contributed by atoms with Crippen molar-refractivity contribution in [2.24, 2.45) is 0 Å². The van der Waals surface area contributed by atoms with Crippen LogP contribution in [0.15, 0.2) is 0 Å². The number of hydrogen-bond acceptors (Lipinski definition) is 3. The predicted octanol–water partition coefficient (Wildman–Crippen LogP) is 3.77. The number of halogens is 1. The summed E-state index contributed by atoms with van der Waals surface area (Å²) < 4.78 is 0. The average molecular weight is 268 g/mol. The van der Waals surface area contributed by atoms with Crippen LogP contribution in [0.3, 0.4) is 0 Å². The second-order valence-corrected chi connectivity index (χ2v) is 5.41. The molecule has 0 aliphatic heterocycles. The van der Waals surface area contributed by atoms with Gasteiger partial charge in [-0.05, 0) is 32.6 Å². The summed E-state index contributed by atoms with van der Waals surface area (Å²) in [6.07, 6.45) is 5.66. The van der Waals surface area contributed by atoms with Gasteiger partial charge in [0.25, 0.3) is 0 Å². The smallest absolute Gasteiger partial charge is 0.137 e. The molecule has 0 aromatic carbocycles. The Hall–Kier alpha value is -0.830. The molecule has 2 rings (SSSR count). The molecule has 1 fully saturated rings. The average Bonchev–Trinajstić information content (AvgIpc) is 3.15. The van der Waals surface area contributed by atoms with Gasteiger partial charge in [0, 0.05) is 24.6 Å². The first kappa shape index (κ1) is 13.6. The zero-order valence-corrected chi connectivity index (χ0v) is 12.3. The van der Waals surface area contributed by atoms with Crippen molar-refractivity contribution in [1.29, 1.82) is 0 Å². The van der Waals surface area contributed by atoms with Crippen LogP contribution in [0.2, 0.25) is 5.15 Å². The van der Waals surface area contributed by atoms with Gasteiger partial charge in [-0.3, -0.25) is 0 Å². The summed E-state index contributed by atoms with van der Waals surface area (Å²) in [5, 5.41) is 0.616. The summed E-state index contributed by atoms with van der Waals surface area (Å²) in [7, 11) is 0. The standard InChI is InChI=1S/C14H22ClN3/c1-4-6-12-16-13(15)10(3)14(17-12)18(9-5-2)11-7-8-11/h11H,4-9H2,1-3H3. The van der Waals surface area contributed by atoms with Crippen LogP contribution < -0.4 is 4.90 Å². The monoisotopic (exact) mass is 267 g/mol. The van der Waals surface area contributed by atoms with Crippen LogP contribution in [0.1, 0.15) is 50.9 Å². The molecule has 0 amide bonds. The summed E-state index contributed by atoms with van der Waals surface area (Å²) >= 11 is 6.25. The van der Waals surface area contributed by atoms with Gasteiger partial charge in [-0.2, -0.15) is 0 Å². The lowest BCUT2D eigenvalue weighted by atomic mass is 10.2. The second-order valence-electron chi connectivity index (χ2n) is 5.05. The van der Waals surface area contributed by atoms with E-state index in [0.717, 1.165) is 43.0 Å². The van der Waals surface area contributed by atoms with Crippen LogP contribution in [0.5, 0.6) is 0 Å². The third-order valence-electron chi connectivity index (χ3n) is 3.30. The van der Waals surface area contributed by atoms with E-state index >= 15 is 0 Å². The summed E-state index contributed by atoms with van der Waals surface area (Å²) in [6, 6.07) is 0.670. The Kier molecular flexibility index (Phi) is 4.44. The Bertz CT molecular complexity index is 416. The quantitative estimate of drug-likeness (QED) is 0.735. The van der Waals surface area contributed by atoms with Crippen molar-refractivity contribution in [1.82, 2.24) is 9.97 Å². The summed E-state index contributed by atoms with van der Waals surface area (Å²) in [5.74, 6) is 1.94. The molecule has 3 nitrogen and oxygen atoms in total. The minimum atomic E-state index is 0.616. The van der Waals surface area contributed by atoms with E-state index in [1.54, 1.807) is 0 Å². The van der Waals surface area contributed by atoms with Gasteiger partial charge in [0.1, 0.15) is 16.8 Å². The van der Waals surface area contributed by atoms with Gasteiger partial charge in [-0.25, -0.2) is 9.97 Å². The normalized spacial score (nSPS) is 14.9. The lowest BCUT2D eigenvalue weighted by Gasteiger charge is -2.25. The minimum absolute atomic E-state index is 0.616. The highest BCUT2D eigenvalue weighted by Crippen LogP contribution is 2.34. The molecule has 0 radical (unpaired) electrons. The van der Waals surface area contributed by atoms with E-state index in [9.17, 15) is 0 Å². The molecule has 0 N–H and O–H groups in total. The molecule has 1 aliphatic carbocycles. The molecule has 1 aromatic heterocycles. The van der Waals surface area contributed by atoms with E-state index in [1.165, 1.54) is 12.8 Å². The fourth-order valence-electron chi connectivity index (χ4n) is 2.22. The molecule has 1 saturated carbocycles. The molecular formula is C14H22ClN3. The van der Waals surface area contributed by atoms with Crippen LogP contribution in [0, 0.1) is 6.92 Å². The van der Waals surface area contributed by atoms with E-state index in [2.05, 4.69) is 23.7 Å². The fraction of sp³-hybridized carbons (Fsp3) is 0.714. The molecule has 18 heavy (non-hydrogen) atoms. The number of rotatable bonds is 6. The molecule has 1 aliphatic rings. The maximum atomic E-state index is 6.25. The van der Waals surface area contributed by atoms with Crippen molar-refractivity contribution in [3.8, 4) is 0 Å². The maximum absolute atomic E-state index is 6.25. The van der Waals surface area contributed by atoms with Crippen LogP contribution in [0.25, 0.3) is 0 Å². The van der Waals surface area contributed by atoms with Gasteiger partial charge in [-0.1, -0.05) is 25.4 Å². The fourth-order valence-corrected chi connectivity index (χ4v) is 2.41. The van der Waals surface area contributed by atoms with Gasteiger partial charge in [-0.15, -0.1) is 0 Å². The zero-order valence-electron chi connectivity index (χ0n) is 11.5. The number of anilines is 1. The molecule has 0 unspecified atom stereocenters. The molecule has 100 valence electrons. The van der Waals surface area contributed by atoms with E-state index in [0.29, 0.717) is 11.2 Å². The molecule has 1 heterocycles. The Morgan fingerprint density at radius 3 is 2.50 bits per heavy atom. The van der Waals surface area contributed by atoms with E-state index in [-0.39, 0.29) is 0 Å². The summed E-state index contributed by atoms with van der Waals surface area (Å²) in [6.45, 7) is 7.44. The first-order valence-corrected chi connectivity index (χ1v) is 7.34. The van der Waals surface area contributed by atoms with Gasteiger partial charge in [0.2, 0.25) is 0 Å². The van der Waals surface area contributed by atoms with Gasteiger partial charge < -0.3 is 4.90 Å². The number of hydrogen-bond donors (Lipinski definition) is 0. The molecular weight excluding hydrogens is 246 g/mol. The Labute approximate surface area is 115 Å². The summed E-state index contributed by atoms with van der Waals surface area (Å²) in [4.78, 5) is 11.5. The molecule has 0 saturated heterocycles. The van der Waals surface area contributed by atoms with E-state index < -0.39 is 0 Å². The van der Waals surface area contributed by atoms with Crippen LogP contribution >= 0.6 is 11.6 Å². The Morgan fingerprint density at radius 1 is 1.22 bits per heavy atom. The van der Waals surface area contributed by atoms with Gasteiger partial charge in [0.05, 0.1) is 0 Å². The van der Waals surface area contributed by atoms with E-state index in [4.69, 9.17) is 16.6 Å². The molecule has 0 spiro atoms. The Morgan fingerprint density at radius 2 is 1.94 bits per heavy atom. The first-order chi connectivity index (χ1) is 8.67. The van der Waals surface area contributed by atoms with Crippen LogP contribution in [0.4, 0.5) is 5.82 Å². The molecule has 1 aromatic rings. The molecule has 4 heteroatoms. The number of aromatic nitrogens is 2. The van der Waals surface area contributed by atoms with Crippen molar-refractivity contribution >= 4 is 17.4 Å². The highest BCUT2D eigenvalue weighted by Gasteiger charge is 2.31. The van der Waals surface area contributed by atoms with Crippen LogP contribution in [-0.2, 0) is 6.42 Å². The van der Waals surface area contributed by atoms with Crippen molar-refractivity contribution in [2.45, 2.75) is 58.9 Å². The van der Waals surface area contributed by atoms with Crippen molar-refractivity contribution in [3.63, 3.8) is 0 Å². The van der Waals surface area contributed by atoms with Crippen LogP contribution in [-0.4, -0.2) is 22.6 Å². The van der Waals surface area contributed by atoms with Crippen molar-refractivity contribution in [3.05, 3.63) is 16.5 Å². The van der Waals surface area contributed by atoms with E-state index in [1.807, 2.05) is 6.92 Å². The maximum Gasteiger partial charge on any atom is 0.137 e. The third-order valence-corrected chi connectivity index (χ3v) is 3.67. The SMILES string of the molecule is CCCc1nc(Cl)c(C)c(N(CCC)C2CC2)n1. The zero-order chi connectivity index (χ0) is 13.1. The first-order valence-electron chi connectivity index (χ1n) is 6.97. The lowest BCUT2D eigenvalue weighted by molar-refractivity contribution is 0.732. The third kappa shape index (κ3) is 2.94. The highest BCUT2D eigenvalue weighted by atomic mass is 35.5. The number of aryl methyl sites for hydroxylation is 1. The predicted molar refractivity (Wildman–Crippen MR) is 76.4 cm³/mol. The second kappa shape index (κ2) is 5.87. The van der Waals surface area contributed by atoms with Crippen molar-refractivity contribution < 1.29 is 0 Å². The topological polar surface area (TPSA) is 29.0 Å². The molecule has 0 atom stereocenters. The lowest BCUT2D eigenvalue weighted by Crippen LogP contribution is -2.28. The van der Waals surface area contributed by atoms with Gasteiger partial charge >= 0.3 is 0 Å². The highest BCUT2D eigenvalue weighted by molar-refractivity contribution is 6.30. The number of nitrogens with zero attached hydrogens (tertiary/aromatic N) is 3. The largest absolute Gasteiger partial charge is 0.353 e. The summed E-state index contributed by atoms with van der Waals surface area (Å²) in [5.41, 5.74) is 1.02. The van der Waals surface area contributed by atoms with Crippen molar-refractivity contribution in [2.75, 3.05) is 11.4 Å². The van der Waals surface area contributed by atoms with Gasteiger partial charge in [0.15, 0.2) is 0 Å². The molecule has 0 bridgehead atoms.